The first-order valence-corrected chi connectivity index (χ1v) is 8.09. The topological polar surface area (TPSA) is 51.5 Å². The van der Waals surface area contributed by atoms with E-state index in [1.54, 1.807) is 0 Å². The summed E-state index contributed by atoms with van der Waals surface area (Å²) in [4.78, 5) is 12.1. The third-order valence-electron chi connectivity index (χ3n) is 3.84. The lowest BCUT2D eigenvalue weighted by atomic mass is 10.2. The second kappa shape index (κ2) is 7.21. The van der Waals surface area contributed by atoms with Crippen LogP contribution in [0.5, 0.6) is 5.75 Å². The number of furan rings is 1. The zero-order chi connectivity index (χ0) is 16.9. The number of amides is 1. The van der Waals surface area contributed by atoms with Crippen LogP contribution in [0.2, 0.25) is 0 Å². The molecular formula is C20H21NO3. The summed E-state index contributed by atoms with van der Waals surface area (Å²) < 4.78 is 11.4. The van der Waals surface area contributed by atoms with Gasteiger partial charge in [0.2, 0.25) is 5.91 Å². The van der Waals surface area contributed by atoms with Gasteiger partial charge < -0.3 is 14.5 Å². The molecule has 0 bridgehead atoms. The number of ether oxygens (including phenoxy) is 1. The third kappa shape index (κ3) is 3.96. The number of fused-ring (bicyclic) bond motifs is 1. The van der Waals surface area contributed by atoms with Gasteiger partial charge in [0.1, 0.15) is 17.1 Å². The molecule has 4 heteroatoms. The van der Waals surface area contributed by atoms with Gasteiger partial charge in [-0.25, -0.2) is 0 Å². The molecule has 0 unspecified atom stereocenters. The van der Waals surface area contributed by atoms with E-state index in [0.717, 1.165) is 28.0 Å². The number of carbonyl (C=O) groups is 1. The Morgan fingerprint density at radius 3 is 2.79 bits per heavy atom. The average molecular weight is 323 g/mol. The summed E-state index contributed by atoms with van der Waals surface area (Å²) >= 11 is 0. The van der Waals surface area contributed by atoms with Gasteiger partial charge in [0, 0.05) is 5.39 Å². The van der Waals surface area contributed by atoms with E-state index in [9.17, 15) is 4.79 Å². The highest BCUT2D eigenvalue weighted by atomic mass is 16.5. The fourth-order valence-electron chi connectivity index (χ4n) is 2.57. The number of rotatable bonds is 6. The summed E-state index contributed by atoms with van der Waals surface area (Å²) in [7, 11) is 0. The van der Waals surface area contributed by atoms with Crippen molar-refractivity contribution in [2.75, 3.05) is 6.61 Å². The number of benzene rings is 2. The van der Waals surface area contributed by atoms with Gasteiger partial charge in [-0.1, -0.05) is 30.3 Å². The number of carbonyl (C=O) groups excluding carboxylic acids is 1. The SMILES string of the molecule is Cc1cccc(OCCC(=O)N[C@@H](C)c2cc3ccccc3o2)c1. The second-order valence-corrected chi connectivity index (χ2v) is 5.89. The molecule has 1 aromatic heterocycles. The number of para-hydroxylation sites is 1. The zero-order valence-corrected chi connectivity index (χ0v) is 13.9. The molecule has 3 rings (SSSR count). The molecule has 1 heterocycles. The number of hydrogen-bond donors (Lipinski definition) is 1. The molecular weight excluding hydrogens is 302 g/mol. The highest BCUT2D eigenvalue weighted by Gasteiger charge is 2.14. The Hall–Kier alpha value is -2.75. The Labute approximate surface area is 141 Å². The van der Waals surface area contributed by atoms with Crippen LogP contribution in [-0.2, 0) is 4.79 Å². The van der Waals surface area contributed by atoms with Crippen LogP contribution in [0.15, 0.2) is 59.0 Å². The van der Waals surface area contributed by atoms with Crippen molar-refractivity contribution in [1.82, 2.24) is 5.32 Å². The lowest BCUT2D eigenvalue weighted by Gasteiger charge is -2.12. The molecule has 1 N–H and O–H groups in total. The van der Waals surface area contributed by atoms with E-state index < -0.39 is 0 Å². The molecule has 0 saturated carbocycles. The Morgan fingerprint density at radius 1 is 1.17 bits per heavy atom. The maximum atomic E-state index is 12.1. The Kier molecular flexibility index (Phi) is 4.85. The fraction of sp³-hybridized carbons (Fsp3) is 0.250. The molecule has 1 atom stereocenters. The van der Waals surface area contributed by atoms with Crippen LogP contribution in [-0.4, -0.2) is 12.5 Å². The Morgan fingerprint density at radius 2 is 2.00 bits per heavy atom. The molecule has 0 saturated heterocycles. The minimum absolute atomic E-state index is 0.0596. The minimum atomic E-state index is -0.177. The summed E-state index contributed by atoms with van der Waals surface area (Å²) in [5, 5.41) is 3.98. The van der Waals surface area contributed by atoms with E-state index in [2.05, 4.69) is 5.32 Å². The van der Waals surface area contributed by atoms with E-state index in [-0.39, 0.29) is 11.9 Å². The van der Waals surface area contributed by atoms with Crippen molar-refractivity contribution in [2.45, 2.75) is 26.3 Å². The van der Waals surface area contributed by atoms with Crippen LogP contribution in [0.3, 0.4) is 0 Å². The van der Waals surface area contributed by atoms with Gasteiger partial charge in [-0.05, 0) is 43.7 Å². The molecule has 1 amide bonds. The average Bonchev–Trinajstić information content (AvgIpc) is 2.99. The van der Waals surface area contributed by atoms with E-state index in [1.165, 1.54) is 0 Å². The van der Waals surface area contributed by atoms with Crippen molar-refractivity contribution in [3.63, 3.8) is 0 Å². The molecule has 0 radical (unpaired) electrons. The van der Waals surface area contributed by atoms with Crippen LogP contribution in [0.1, 0.15) is 30.7 Å². The molecule has 24 heavy (non-hydrogen) atoms. The van der Waals surface area contributed by atoms with Gasteiger partial charge >= 0.3 is 0 Å². The van der Waals surface area contributed by atoms with Crippen LogP contribution in [0, 0.1) is 6.92 Å². The number of hydrogen-bond acceptors (Lipinski definition) is 3. The van der Waals surface area contributed by atoms with Crippen molar-refractivity contribution < 1.29 is 13.9 Å². The van der Waals surface area contributed by atoms with Gasteiger partial charge in [-0.15, -0.1) is 0 Å². The highest BCUT2D eigenvalue weighted by molar-refractivity contribution is 5.79. The first-order chi connectivity index (χ1) is 11.6. The van der Waals surface area contributed by atoms with Gasteiger partial charge in [0.25, 0.3) is 0 Å². The van der Waals surface area contributed by atoms with E-state index in [1.807, 2.05) is 68.4 Å². The van der Waals surface area contributed by atoms with Crippen molar-refractivity contribution in [1.29, 1.82) is 0 Å². The summed E-state index contributed by atoms with van der Waals surface area (Å²) in [5.41, 5.74) is 1.96. The van der Waals surface area contributed by atoms with Crippen molar-refractivity contribution in [2.24, 2.45) is 0 Å². The maximum Gasteiger partial charge on any atom is 0.224 e. The standard InChI is InChI=1S/C20H21NO3/c1-14-6-5-8-17(12-14)23-11-10-20(22)21-15(2)19-13-16-7-3-4-9-18(16)24-19/h3-9,12-13,15H,10-11H2,1-2H3,(H,21,22)/t15-/m0/s1. The Bertz CT molecular complexity index is 805. The summed E-state index contributed by atoms with van der Waals surface area (Å²) in [6.07, 6.45) is 0.304. The first kappa shape index (κ1) is 16.1. The van der Waals surface area contributed by atoms with Gasteiger partial charge in [0.15, 0.2) is 0 Å². The fourth-order valence-corrected chi connectivity index (χ4v) is 2.57. The van der Waals surface area contributed by atoms with Gasteiger partial charge in [-0.3, -0.25) is 4.79 Å². The smallest absolute Gasteiger partial charge is 0.224 e. The molecule has 124 valence electrons. The van der Waals surface area contributed by atoms with Crippen LogP contribution in [0.4, 0.5) is 0 Å². The summed E-state index contributed by atoms with van der Waals surface area (Å²) in [6.45, 7) is 4.27. The summed E-state index contributed by atoms with van der Waals surface area (Å²) in [5.74, 6) is 1.48. The molecule has 0 spiro atoms. The van der Waals surface area contributed by atoms with E-state index in [4.69, 9.17) is 9.15 Å². The third-order valence-corrected chi connectivity index (χ3v) is 3.84. The summed E-state index contributed by atoms with van der Waals surface area (Å²) in [6, 6.07) is 17.4. The van der Waals surface area contributed by atoms with Crippen LogP contribution in [0.25, 0.3) is 11.0 Å². The maximum absolute atomic E-state index is 12.1. The number of aryl methyl sites for hydroxylation is 1. The Balaban J connectivity index is 1.50. The monoisotopic (exact) mass is 323 g/mol. The van der Waals surface area contributed by atoms with E-state index >= 15 is 0 Å². The van der Waals surface area contributed by atoms with Gasteiger partial charge in [-0.2, -0.15) is 0 Å². The van der Waals surface area contributed by atoms with Gasteiger partial charge in [0.05, 0.1) is 19.1 Å². The molecule has 0 aliphatic rings. The predicted octanol–water partition coefficient (Wildman–Crippen LogP) is 4.39. The van der Waals surface area contributed by atoms with E-state index in [0.29, 0.717) is 13.0 Å². The molecule has 0 fully saturated rings. The molecule has 0 aliphatic carbocycles. The highest BCUT2D eigenvalue weighted by Crippen LogP contribution is 2.23. The van der Waals surface area contributed by atoms with Crippen LogP contribution >= 0.6 is 0 Å². The quantitative estimate of drug-likeness (QED) is 0.732. The van der Waals surface area contributed by atoms with Crippen LogP contribution < -0.4 is 10.1 Å². The lowest BCUT2D eigenvalue weighted by Crippen LogP contribution is -2.27. The van der Waals surface area contributed by atoms with Crippen molar-refractivity contribution in [3.8, 4) is 5.75 Å². The minimum Gasteiger partial charge on any atom is -0.493 e. The van der Waals surface area contributed by atoms with Crippen molar-refractivity contribution in [3.05, 3.63) is 65.9 Å². The zero-order valence-electron chi connectivity index (χ0n) is 13.9. The molecule has 2 aromatic carbocycles. The molecule has 4 nitrogen and oxygen atoms in total. The number of nitrogens with one attached hydrogen (secondary N) is 1. The lowest BCUT2D eigenvalue weighted by molar-refractivity contribution is -0.122. The van der Waals surface area contributed by atoms with Crippen molar-refractivity contribution >= 4 is 16.9 Å². The predicted molar refractivity (Wildman–Crippen MR) is 94.1 cm³/mol. The molecule has 3 aromatic rings. The molecule has 0 aliphatic heterocycles. The second-order valence-electron chi connectivity index (χ2n) is 5.89. The normalized spacial score (nSPS) is 12.1. The first-order valence-electron chi connectivity index (χ1n) is 8.09. The largest absolute Gasteiger partial charge is 0.493 e.